The first-order valence-corrected chi connectivity index (χ1v) is 7.98. The monoisotopic (exact) mass is 294 g/mol. The average Bonchev–Trinajstić information content (AvgIpc) is 2.42. The molecule has 0 aliphatic heterocycles. The molecule has 0 aliphatic rings. The number of nitrogens with one attached hydrogen (secondary N) is 1. The van der Waals surface area contributed by atoms with Gasteiger partial charge < -0.3 is 10.1 Å². The molecule has 21 heavy (non-hydrogen) atoms. The van der Waals surface area contributed by atoms with Crippen LogP contribution in [-0.4, -0.2) is 46.6 Å². The van der Waals surface area contributed by atoms with Crippen molar-refractivity contribution in [2.24, 2.45) is 0 Å². The van der Waals surface area contributed by atoms with Crippen LogP contribution in [0.2, 0.25) is 0 Å². The van der Waals surface area contributed by atoms with E-state index < -0.39 is 0 Å². The number of aryl methyl sites for hydroxylation is 1. The Labute approximate surface area is 129 Å². The van der Waals surface area contributed by atoms with Crippen LogP contribution in [0.1, 0.15) is 47.4 Å². The van der Waals surface area contributed by atoms with Crippen molar-refractivity contribution in [3.63, 3.8) is 0 Å². The highest BCUT2D eigenvalue weighted by Gasteiger charge is 2.13. The lowest BCUT2D eigenvalue weighted by Gasteiger charge is -2.30. The summed E-state index contributed by atoms with van der Waals surface area (Å²) in [6.07, 6.45) is 0.805. The topological polar surface area (TPSA) is 50.3 Å². The Morgan fingerprint density at radius 2 is 1.81 bits per heavy atom. The highest BCUT2D eigenvalue weighted by molar-refractivity contribution is 5.38. The Hall–Kier alpha value is -1.36. The predicted molar refractivity (Wildman–Crippen MR) is 88.0 cm³/mol. The van der Waals surface area contributed by atoms with Crippen molar-refractivity contribution < 1.29 is 4.74 Å². The first-order valence-electron chi connectivity index (χ1n) is 7.98. The number of ether oxygens (including phenoxy) is 1. The van der Waals surface area contributed by atoms with Gasteiger partial charge in [0.05, 0.1) is 0 Å². The lowest BCUT2D eigenvalue weighted by atomic mass is 10.2. The second kappa shape index (κ2) is 8.82. The van der Waals surface area contributed by atoms with Gasteiger partial charge in [0, 0.05) is 37.7 Å². The molecule has 0 bridgehead atoms. The summed E-state index contributed by atoms with van der Waals surface area (Å²) in [6, 6.07) is 2.91. The minimum Gasteiger partial charge on any atom is -0.476 e. The Kier molecular flexibility index (Phi) is 7.43. The maximum absolute atomic E-state index is 5.83. The van der Waals surface area contributed by atoms with Gasteiger partial charge in [0.25, 0.3) is 0 Å². The normalized spacial score (nSPS) is 11.5. The van der Waals surface area contributed by atoms with Crippen LogP contribution in [-0.2, 0) is 6.42 Å². The van der Waals surface area contributed by atoms with E-state index in [0.717, 1.165) is 31.2 Å². The second-order valence-electron chi connectivity index (χ2n) is 5.67. The average molecular weight is 294 g/mol. The zero-order valence-corrected chi connectivity index (χ0v) is 14.3. The molecule has 0 radical (unpaired) electrons. The minimum absolute atomic E-state index is 0.516. The van der Waals surface area contributed by atoms with E-state index in [2.05, 4.69) is 54.8 Å². The molecule has 1 rings (SSSR count). The van der Waals surface area contributed by atoms with E-state index in [1.54, 1.807) is 0 Å². The van der Waals surface area contributed by atoms with Gasteiger partial charge in [-0.2, -0.15) is 4.98 Å². The molecule has 120 valence electrons. The van der Waals surface area contributed by atoms with Gasteiger partial charge in [-0.1, -0.05) is 6.92 Å². The SMILES string of the molecule is CCNc1cc(OCCN(C(C)C)C(C)C)nc(CC)n1. The highest BCUT2D eigenvalue weighted by atomic mass is 16.5. The van der Waals surface area contributed by atoms with Crippen molar-refractivity contribution in [3.05, 3.63) is 11.9 Å². The van der Waals surface area contributed by atoms with Gasteiger partial charge in [-0.05, 0) is 34.6 Å². The van der Waals surface area contributed by atoms with Crippen molar-refractivity contribution in [2.75, 3.05) is 25.0 Å². The summed E-state index contributed by atoms with van der Waals surface area (Å²) in [6.45, 7) is 15.3. The van der Waals surface area contributed by atoms with Gasteiger partial charge in [-0.25, -0.2) is 4.98 Å². The quantitative estimate of drug-likeness (QED) is 0.759. The first-order chi connectivity index (χ1) is 9.97. The van der Waals surface area contributed by atoms with E-state index >= 15 is 0 Å². The molecule has 0 spiro atoms. The standard InChI is InChI=1S/C16H30N4O/c1-7-14-18-15(17-8-2)11-16(19-14)21-10-9-20(12(3)4)13(5)6/h11-13H,7-10H2,1-6H3,(H,17,18,19). The third kappa shape index (κ3) is 5.87. The van der Waals surface area contributed by atoms with Gasteiger partial charge in [0.15, 0.2) is 0 Å². The highest BCUT2D eigenvalue weighted by Crippen LogP contribution is 2.14. The van der Waals surface area contributed by atoms with Crippen LogP contribution in [0.3, 0.4) is 0 Å². The number of aromatic nitrogens is 2. The van der Waals surface area contributed by atoms with E-state index in [0.29, 0.717) is 24.6 Å². The number of rotatable bonds is 9. The van der Waals surface area contributed by atoms with Crippen molar-refractivity contribution in [1.29, 1.82) is 0 Å². The lowest BCUT2D eigenvalue weighted by molar-refractivity contribution is 0.140. The summed E-state index contributed by atoms with van der Waals surface area (Å²) < 4.78 is 5.83. The van der Waals surface area contributed by atoms with E-state index in [4.69, 9.17) is 4.74 Å². The molecule has 1 aromatic rings. The van der Waals surface area contributed by atoms with Crippen LogP contribution >= 0.6 is 0 Å². The smallest absolute Gasteiger partial charge is 0.218 e. The first kappa shape index (κ1) is 17.7. The fourth-order valence-electron chi connectivity index (χ4n) is 2.34. The third-order valence-corrected chi connectivity index (χ3v) is 3.35. The van der Waals surface area contributed by atoms with Crippen molar-refractivity contribution in [3.8, 4) is 5.88 Å². The molecule has 1 N–H and O–H groups in total. The summed E-state index contributed by atoms with van der Waals surface area (Å²) in [7, 11) is 0. The Morgan fingerprint density at radius 3 is 2.33 bits per heavy atom. The van der Waals surface area contributed by atoms with Crippen LogP contribution in [0.15, 0.2) is 6.07 Å². The molecule has 0 atom stereocenters. The number of anilines is 1. The van der Waals surface area contributed by atoms with Gasteiger partial charge >= 0.3 is 0 Å². The van der Waals surface area contributed by atoms with Crippen LogP contribution in [0, 0.1) is 0 Å². The van der Waals surface area contributed by atoms with Gasteiger partial charge in [0.2, 0.25) is 5.88 Å². The van der Waals surface area contributed by atoms with Gasteiger partial charge in [-0.3, -0.25) is 4.90 Å². The molecule has 0 saturated heterocycles. The molecule has 0 saturated carbocycles. The minimum atomic E-state index is 0.516. The zero-order valence-electron chi connectivity index (χ0n) is 14.3. The Morgan fingerprint density at radius 1 is 1.14 bits per heavy atom. The van der Waals surface area contributed by atoms with Crippen molar-refractivity contribution in [2.45, 2.75) is 60.0 Å². The van der Waals surface area contributed by atoms with E-state index in [9.17, 15) is 0 Å². The lowest BCUT2D eigenvalue weighted by Crippen LogP contribution is -2.39. The molecular formula is C16H30N4O. The van der Waals surface area contributed by atoms with E-state index in [1.165, 1.54) is 0 Å². The summed E-state index contributed by atoms with van der Waals surface area (Å²) in [5.74, 6) is 2.31. The van der Waals surface area contributed by atoms with E-state index in [1.807, 2.05) is 13.0 Å². The second-order valence-corrected chi connectivity index (χ2v) is 5.67. The van der Waals surface area contributed by atoms with Crippen LogP contribution < -0.4 is 10.1 Å². The fraction of sp³-hybridized carbons (Fsp3) is 0.750. The molecule has 1 heterocycles. The molecule has 0 fully saturated rings. The van der Waals surface area contributed by atoms with Crippen LogP contribution in [0.5, 0.6) is 5.88 Å². The van der Waals surface area contributed by atoms with Crippen LogP contribution in [0.25, 0.3) is 0 Å². The summed E-state index contributed by atoms with van der Waals surface area (Å²) in [4.78, 5) is 11.3. The molecule has 0 amide bonds. The van der Waals surface area contributed by atoms with Crippen molar-refractivity contribution in [1.82, 2.24) is 14.9 Å². The molecule has 0 aromatic carbocycles. The van der Waals surface area contributed by atoms with Crippen LogP contribution in [0.4, 0.5) is 5.82 Å². The largest absolute Gasteiger partial charge is 0.476 e. The summed E-state index contributed by atoms with van der Waals surface area (Å²) in [5.41, 5.74) is 0. The molecule has 1 aromatic heterocycles. The number of nitrogens with zero attached hydrogens (tertiary/aromatic N) is 3. The molecular weight excluding hydrogens is 264 g/mol. The Balaban J connectivity index is 2.63. The molecule has 5 heteroatoms. The van der Waals surface area contributed by atoms with Gasteiger partial charge in [0.1, 0.15) is 18.2 Å². The molecule has 0 unspecified atom stereocenters. The maximum Gasteiger partial charge on any atom is 0.218 e. The zero-order chi connectivity index (χ0) is 15.8. The number of hydrogen-bond acceptors (Lipinski definition) is 5. The van der Waals surface area contributed by atoms with Gasteiger partial charge in [-0.15, -0.1) is 0 Å². The maximum atomic E-state index is 5.83. The molecule has 0 aliphatic carbocycles. The predicted octanol–water partition coefficient (Wildman–Crippen LogP) is 2.97. The summed E-state index contributed by atoms with van der Waals surface area (Å²) in [5, 5.41) is 3.22. The van der Waals surface area contributed by atoms with E-state index in [-0.39, 0.29) is 0 Å². The van der Waals surface area contributed by atoms with Crippen molar-refractivity contribution >= 4 is 5.82 Å². The molecule has 5 nitrogen and oxygen atoms in total. The third-order valence-electron chi connectivity index (χ3n) is 3.35. The Bertz CT molecular complexity index is 413. The summed E-state index contributed by atoms with van der Waals surface area (Å²) >= 11 is 0. The number of hydrogen-bond donors (Lipinski definition) is 1. The fourth-order valence-corrected chi connectivity index (χ4v) is 2.34.